The summed E-state index contributed by atoms with van der Waals surface area (Å²) in [5.41, 5.74) is 4.40. The monoisotopic (exact) mass is 234 g/mol. The molecule has 0 aliphatic heterocycles. The molecule has 1 aromatic carbocycles. The highest BCUT2D eigenvalue weighted by Crippen LogP contribution is 2.39. The Balaban J connectivity index is 2.65. The Bertz CT molecular complexity index is 477. The Kier molecular flexibility index (Phi) is 3.06. The van der Waals surface area contributed by atoms with Crippen molar-refractivity contribution in [2.24, 2.45) is 5.92 Å². The van der Waals surface area contributed by atoms with Gasteiger partial charge in [0.2, 0.25) is 0 Å². The molecule has 92 valence electrons. The lowest BCUT2D eigenvalue weighted by molar-refractivity contribution is 0.0790. The number of rotatable bonds is 2. The summed E-state index contributed by atoms with van der Waals surface area (Å²) in [5.74, 6) is -0.336. The average molecular weight is 234 g/mol. The summed E-state index contributed by atoms with van der Waals surface area (Å²) in [6.45, 7) is 5.69. The van der Waals surface area contributed by atoms with Gasteiger partial charge in [0, 0.05) is 18.1 Å². The van der Waals surface area contributed by atoms with E-state index in [9.17, 15) is 9.90 Å². The Morgan fingerprint density at radius 2 is 2.00 bits per heavy atom. The number of carbonyl (C=O) groups is 1. The third-order valence-electron chi connectivity index (χ3n) is 3.78. The predicted molar refractivity (Wildman–Crippen MR) is 65.2 cm³/mol. The molecule has 0 aromatic heterocycles. The van der Waals surface area contributed by atoms with E-state index in [0.29, 0.717) is 12.0 Å². The molecule has 0 saturated heterocycles. The first-order valence-electron chi connectivity index (χ1n) is 5.95. The first kappa shape index (κ1) is 12.3. The van der Waals surface area contributed by atoms with Crippen LogP contribution in [0.5, 0.6) is 0 Å². The van der Waals surface area contributed by atoms with Crippen LogP contribution in [0.3, 0.4) is 0 Å². The van der Waals surface area contributed by atoms with Crippen molar-refractivity contribution in [3.8, 4) is 0 Å². The van der Waals surface area contributed by atoms with Crippen LogP contribution in [0.25, 0.3) is 0 Å². The summed E-state index contributed by atoms with van der Waals surface area (Å²) in [4.78, 5) is 12.1. The van der Waals surface area contributed by atoms with Crippen molar-refractivity contribution in [3.63, 3.8) is 0 Å². The first-order valence-corrected chi connectivity index (χ1v) is 5.95. The van der Waals surface area contributed by atoms with Gasteiger partial charge in [-0.2, -0.15) is 0 Å². The highest BCUT2D eigenvalue weighted by Gasteiger charge is 2.37. The van der Waals surface area contributed by atoms with Gasteiger partial charge in [0.05, 0.1) is 6.10 Å². The van der Waals surface area contributed by atoms with Gasteiger partial charge in [0.25, 0.3) is 0 Å². The van der Waals surface area contributed by atoms with Gasteiger partial charge in [-0.1, -0.05) is 13.0 Å². The van der Waals surface area contributed by atoms with Crippen molar-refractivity contribution in [1.29, 1.82) is 0 Å². The third kappa shape index (κ3) is 1.70. The molecule has 1 aromatic rings. The highest BCUT2D eigenvalue weighted by molar-refractivity contribution is 6.04. The molecule has 0 amide bonds. The van der Waals surface area contributed by atoms with Crippen LogP contribution in [-0.4, -0.2) is 22.6 Å². The fourth-order valence-corrected chi connectivity index (χ4v) is 2.75. The fraction of sp³-hybridized carbons (Fsp3) is 0.500. The molecular formula is C14H18O3. The molecule has 0 radical (unpaired) electrons. The number of Topliss-reactive ketones (excluding diaryl/α,β-unsaturated/α-hetero) is 1. The van der Waals surface area contributed by atoms with Crippen LogP contribution in [0.4, 0.5) is 0 Å². The van der Waals surface area contributed by atoms with Crippen LogP contribution in [0.15, 0.2) is 6.07 Å². The van der Waals surface area contributed by atoms with E-state index in [-0.39, 0.29) is 18.3 Å². The van der Waals surface area contributed by atoms with Gasteiger partial charge in [-0.05, 0) is 42.5 Å². The number of aliphatic hydroxyl groups excluding tert-OH is 2. The van der Waals surface area contributed by atoms with E-state index in [1.54, 1.807) is 6.92 Å². The lowest BCUT2D eigenvalue weighted by Crippen LogP contribution is -2.09. The Morgan fingerprint density at radius 3 is 2.59 bits per heavy atom. The van der Waals surface area contributed by atoms with Crippen molar-refractivity contribution in [3.05, 3.63) is 33.9 Å². The van der Waals surface area contributed by atoms with Crippen LogP contribution in [0, 0.1) is 19.8 Å². The maximum Gasteiger partial charge on any atom is 0.169 e. The van der Waals surface area contributed by atoms with Crippen molar-refractivity contribution >= 4 is 5.78 Å². The van der Waals surface area contributed by atoms with E-state index in [1.807, 2.05) is 19.9 Å². The first-order chi connectivity index (χ1) is 7.99. The molecule has 3 heteroatoms. The minimum absolute atomic E-state index is 0.0178. The van der Waals surface area contributed by atoms with E-state index in [1.165, 1.54) is 0 Å². The summed E-state index contributed by atoms with van der Waals surface area (Å²) in [5, 5.41) is 19.1. The quantitative estimate of drug-likeness (QED) is 0.819. The minimum Gasteiger partial charge on any atom is -0.396 e. The van der Waals surface area contributed by atoms with E-state index in [2.05, 4.69) is 0 Å². The maximum atomic E-state index is 12.1. The second kappa shape index (κ2) is 4.24. The molecule has 0 heterocycles. The largest absolute Gasteiger partial charge is 0.396 e. The maximum absolute atomic E-state index is 12.1. The SMILES string of the molecule is Cc1cc2c(c(C)c1CCO)C(=O)[C@@H](C)[C@H]2O. The highest BCUT2D eigenvalue weighted by atomic mass is 16.3. The molecule has 3 nitrogen and oxygen atoms in total. The van der Waals surface area contributed by atoms with Crippen molar-refractivity contribution in [2.75, 3.05) is 6.61 Å². The number of benzene rings is 1. The number of fused-ring (bicyclic) bond motifs is 1. The molecule has 0 saturated carbocycles. The van der Waals surface area contributed by atoms with Crippen LogP contribution in [0.2, 0.25) is 0 Å². The fourth-order valence-electron chi connectivity index (χ4n) is 2.75. The van der Waals surface area contributed by atoms with Crippen LogP contribution in [0.1, 0.15) is 45.6 Å². The van der Waals surface area contributed by atoms with Gasteiger partial charge >= 0.3 is 0 Å². The normalized spacial score (nSPS) is 23.0. The summed E-state index contributed by atoms with van der Waals surface area (Å²) >= 11 is 0. The number of aliphatic hydroxyl groups is 2. The second-order valence-electron chi connectivity index (χ2n) is 4.83. The minimum atomic E-state index is -0.682. The molecular weight excluding hydrogens is 216 g/mol. The molecule has 2 rings (SSSR count). The smallest absolute Gasteiger partial charge is 0.169 e. The van der Waals surface area contributed by atoms with Crippen molar-refractivity contribution in [2.45, 2.75) is 33.3 Å². The second-order valence-corrected chi connectivity index (χ2v) is 4.83. The lowest BCUT2D eigenvalue weighted by atomic mass is 9.92. The molecule has 1 aliphatic rings. The lowest BCUT2D eigenvalue weighted by Gasteiger charge is -2.14. The summed E-state index contributed by atoms with van der Waals surface area (Å²) < 4.78 is 0. The molecule has 1 aliphatic carbocycles. The zero-order valence-corrected chi connectivity index (χ0v) is 10.4. The van der Waals surface area contributed by atoms with E-state index in [4.69, 9.17) is 5.11 Å². The predicted octanol–water partition coefficient (Wildman–Crippen LogP) is 1.70. The van der Waals surface area contributed by atoms with Crippen molar-refractivity contribution < 1.29 is 15.0 Å². The molecule has 0 bridgehead atoms. The molecule has 0 fully saturated rings. The number of hydrogen-bond acceptors (Lipinski definition) is 3. The molecule has 2 atom stereocenters. The standard InChI is InChI=1S/C14H18O3/c1-7-6-11-12(8(2)10(7)4-5-15)14(17)9(3)13(11)16/h6,9,13,15-16H,4-5H2,1-3H3/t9-,13+/m0/s1. The number of aryl methyl sites for hydroxylation is 1. The number of hydrogen-bond donors (Lipinski definition) is 2. The van der Waals surface area contributed by atoms with E-state index < -0.39 is 6.10 Å². The molecule has 0 unspecified atom stereocenters. The van der Waals surface area contributed by atoms with Gasteiger partial charge in [-0.3, -0.25) is 4.79 Å². The number of carbonyl (C=O) groups excluding carboxylic acids is 1. The summed E-state index contributed by atoms with van der Waals surface area (Å²) in [6.07, 6.45) is -0.124. The molecule has 0 spiro atoms. The van der Waals surface area contributed by atoms with Gasteiger partial charge in [-0.25, -0.2) is 0 Å². The van der Waals surface area contributed by atoms with Crippen LogP contribution >= 0.6 is 0 Å². The Morgan fingerprint density at radius 1 is 1.35 bits per heavy atom. The average Bonchev–Trinajstić information content (AvgIpc) is 2.50. The number of ketones is 1. The Labute approximate surface area is 101 Å². The topological polar surface area (TPSA) is 57.5 Å². The van der Waals surface area contributed by atoms with Gasteiger partial charge in [0.15, 0.2) is 5.78 Å². The zero-order valence-electron chi connectivity index (χ0n) is 10.4. The van der Waals surface area contributed by atoms with E-state index >= 15 is 0 Å². The van der Waals surface area contributed by atoms with Gasteiger partial charge < -0.3 is 10.2 Å². The van der Waals surface area contributed by atoms with Crippen LogP contribution in [-0.2, 0) is 6.42 Å². The Hall–Kier alpha value is -1.19. The third-order valence-corrected chi connectivity index (χ3v) is 3.78. The van der Waals surface area contributed by atoms with Gasteiger partial charge in [-0.15, -0.1) is 0 Å². The summed E-state index contributed by atoms with van der Waals surface area (Å²) in [6, 6.07) is 1.89. The molecule has 17 heavy (non-hydrogen) atoms. The van der Waals surface area contributed by atoms with E-state index in [0.717, 1.165) is 22.3 Å². The van der Waals surface area contributed by atoms with Crippen molar-refractivity contribution in [1.82, 2.24) is 0 Å². The molecule has 2 N–H and O–H groups in total. The zero-order chi connectivity index (χ0) is 12.7. The summed E-state index contributed by atoms with van der Waals surface area (Å²) in [7, 11) is 0. The van der Waals surface area contributed by atoms with Gasteiger partial charge in [0.1, 0.15) is 0 Å². The van der Waals surface area contributed by atoms with Crippen LogP contribution < -0.4 is 0 Å².